The molecule has 0 aliphatic carbocycles. The number of nitrogens with zero attached hydrogens (tertiary/aromatic N) is 2. The number of hydrogen-bond donors (Lipinski definition) is 0. The van der Waals surface area contributed by atoms with Crippen LogP contribution in [0.15, 0.2) is 58.5 Å². The van der Waals surface area contributed by atoms with Crippen LogP contribution >= 0.6 is 0 Å². The lowest BCUT2D eigenvalue weighted by atomic mass is 10.1. The van der Waals surface area contributed by atoms with Gasteiger partial charge in [-0.3, -0.25) is 4.79 Å². The number of sulfone groups is 1. The predicted octanol–water partition coefficient (Wildman–Crippen LogP) is 3.78. The fourth-order valence-electron chi connectivity index (χ4n) is 3.63. The zero-order valence-corrected chi connectivity index (χ0v) is 16.4. The predicted molar refractivity (Wildman–Crippen MR) is 105 cm³/mol. The Morgan fingerprint density at radius 2 is 1.75 bits per heavy atom. The maximum Gasteiger partial charge on any atom is 0.267 e. The third-order valence-corrected chi connectivity index (χ3v) is 7.02. The molecule has 1 fully saturated rings. The van der Waals surface area contributed by atoms with Crippen LogP contribution in [0.3, 0.4) is 0 Å². The van der Waals surface area contributed by atoms with Crippen LogP contribution in [-0.2, 0) is 21.1 Å². The van der Waals surface area contributed by atoms with Gasteiger partial charge in [-0.25, -0.2) is 12.8 Å². The van der Waals surface area contributed by atoms with Gasteiger partial charge in [0.2, 0.25) is 9.84 Å². The zero-order valence-electron chi connectivity index (χ0n) is 15.6. The Bertz CT molecular complexity index is 1060. The highest BCUT2D eigenvalue weighted by Gasteiger charge is 2.38. The third kappa shape index (κ3) is 3.09. The van der Waals surface area contributed by atoms with Crippen molar-refractivity contribution in [2.24, 2.45) is 0 Å². The van der Waals surface area contributed by atoms with Crippen LogP contribution < -0.4 is 4.90 Å². The van der Waals surface area contributed by atoms with Gasteiger partial charge in [-0.2, -0.15) is 0 Å². The number of halogens is 1. The molecular weight excluding hydrogens is 379 g/mol. The van der Waals surface area contributed by atoms with E-state index in [9.17, 15) is 17.6 Å². The molecule has 0 aromatic heterocycles. The van der Waals surface area contributed by atoms with Crippen LogP contribution in [0.25, 0.3) is 0 Å². The van der Waals surface area contributed by atoms with E-state index in [1.54, 1.807) is 9.80 Å². The molecule has 0 unspecified atom stereocenters. The number of benzene rings is 2. The van der Waals surface area contributed by atoms with E-state index in [0.29, 0.717) is 18.8 Å². The highest BCUT2D eigenvalue weighted by Crippen LogP contribution is 2.40. The maximum absolute atomic E-state index is 13.9. The summed E-state index contributed by atoms with van der Waals surface area (Å²) in [6, 6.07) is 11.1. The molecule has 2 aliphatic rings. The molecule has 0 bridgehead atoms. The van der Waals surface area contributed by atoms with E-state index in [1.165, 1.54) is 18.3 Å². The van der Waals surface area contributed by atoms with Gasteiger partial charge in [-0.1, -0.05) is 19.1 Å². The molecule has 0 atom stereocenters. The average molecular weight is 400 g/mol. The lowest BCUT2D eigenvalue weighted by Crippen LogP contribution is -2.35. The van der Waals surface area contributed by atoms with Crippen LogP contribution in [0.4, 0.5) is 15.8 Å². The summed E-state index contributed by atoms with van der Waals surface area (Å²) in [6.07, 6.45) is 3.93. The summed E-state index contributed by atoms with van der Waals surface area (Å²) in [5, 5.41) is 0. The van der Waals surface area contributed by atoms with Gasteiger partial charge >= 0.3 is 0 Å². The summed E-state index contributed by atoms with van der Waals surface area (Å²) < 4.78 is 40.2. The number of carbonyl (C=O) groups is 1. The second-order valence-electron chi connectivity index (χ2n) is 7.00. The minimum absolute atomic E-state index is 0.0569. The summed E-state index contributed by atoms with van der Waals surface area (Å²) in [5.41, 5.74) is 2.01. The number of hydrogen-bond acceptors (Lipinski definition) is 4. The Morgan fingerprint density at radius 3 is 2.39 bits per heavy atom. The van der Waals surface area contributed by atoms with Crippen molar-refractivity contribution in [3.05, 3.63) is 65.0 Å². The quantitative estimate of drug-likeness (QED) is 0.736. The van der Waals surface area contributed by atoms with Gasteiger partial charge in [-0.15, -0.1) is 0 Å². The summed E-state index contributed by atoms with van der Waals surface area (Å²) in [5.74, 6) is -1.03. The normalized spacial score (nSPS) is 18.0. The highest BCUT2D eigenvalue weighted by molar-refractivity contribution is 7.96. The first-order valence-electron chi connectivity index (χ1n) is 9.35. The van der Waals surface area contributed by atoms with Crippen LogP contribution in [0.2, 0.25) is 0 Å². The second kappa shape index (κ2) is 7.05. The van der Waals surface area contributed by atoms with Crippen LogP contribution in [-0.4, -0.2) is 32.3 Å². The van der Waals surface area contributed by atoms with Gasteiger partial charge in [0.05, 0.1) is 10.6 Å². The van der Waals surface area contributed by atoms with Crippen LogP contribution in [0.1, 0.15) is 25.3 Å². The standard InChI is InChI=1S/C21H21FN2O3S/c1-2-15-5-8-17(9-6-15)24-14-20(21(25)23-11-3-4-12-23)28(26,27)19-10-7-16(22)13-18(19)24/h5-10,13-14H,2-4,11-12H2,1H3. The van der Waals surface area contributed by atoms with Crippen molar-refractivity contribution in [3.8, 4) is 0 Å². The molecular formula is C21H21FN2O3S. The Balaban J connectivity index is 1.87. The zero-order chi connectivity index (χ0) is 19.9. The number of amides is 1. The summed E-state index contributed by atoms with van der Waals surface area (Å²) in [7, 11) is -4.03. The van der Waals surface area contributed by atoms with Crippen molar-refractivity contribution in [2.75, 3.05) is 18.0 Å². The van der Waals surface area contributed by atoms with E-state index in [0.717, 1.165) is 30.9 Å². The number of aryl methyl sites for hydroxylation is 1. The molecule has 28 heavy (non-hydrogen) atoms. The molecule has 4 rings (SSSR count). The lowest BCUT2D eigenvalue weighted by molar-refractivity contribution is -0.125. The highest BCUT2D eigenvalue weighted by atomic mass is 32.2. The Labute approximate surface area is 164 Å². The number of carbonyl (C=O) groups excluding carboxylic acids is 1. The molecule has 146 valence electrons. The molecule has 1 saturated heterocycles. The fourth-order valence-corrected chi connectivity index (χ4v) is 5.15. The van der Waals surface area contributed by atoms with Gasteiger partial charge < -0.3 is 9.80 Å². The molecule has 2 aromatic carbocycles. The van der Waals surface area contributed by atoms with E-state index >= 15 is 0 Å². The molecule has 2 aliphatic heterocycles. The van der Waals surface area contributed by atoms with Gasteiger partial charge in [0.25, 0.3) is 5.91 Å². The fraction of sp³-hybridized carbons (Fsp3) is 0.286. The summed E-state index contributed by atoms with van der Waals surface area (Å²) >= 11 is 0. The summed E-state index contributed by atoms with van der Waals surface area (Å²) in [6.45, 7) is 3.14. The van der Waals surface area contributed by atoms with Gasteiger partial charge in [0.15, 0.2) is 4.91 Å². The SMILES string of the molecule is CCc1ccc(N2C=C(C(=O)N3CCCC3)S(=O)(=O)c3ccc(F)cc32)cc1. The first-order valence-corrected chi connectivity index (χ1v) is 10.8. The molecule has 0 N–H and O–H groups in total. The number of rotatable bonds is 3. The smallest absolute Gasteiger partial charge is 0.267 e. The first kappa shape index (κ1) is 18.7. The number of fused-ring (bicyclic) bond motifs is 1. The van der Waals surface area contributed by atoms with Crippen molar-refractivity contribution in [2.45, 2.75) is 31.1 Å². The monoisotopic (exact) mass is 400 g/mol. The summed E-state index contributed by atoms with van der Waals surface area (Å²) in [4.78, 5) is 15.8. The van der Waals surface area contributed by atoms with E-state index in [-0.39, 0.29) is 15.5 Å². The molecule has 2 heterocycles. The Kier molecular flexibility index (Phi) is 4.71. The van der Waals surface area contributed by atoms with E-state index in [4.69, 9.17) is 0 Å². The largest absolute Gasteiger partial charge is 0.338 e. The van der Waals surface area contributed by atoms with Crippen LogP contribution in [0.5, 0.6) is 0 Å². The molecule has 2 aromatic rings. The van der Waals surface area contributed by atoms with Crippen molar-refractivity contribution in [3.63, 3.8) is 0 Å². The lowest BCUT2D eigenvalue weighted by Gasteiger charge is -2.30. The van der Waals surface area contributed by atoms with Crippen molar-refractivity contribution >= 4 is 27.1 Å². The molecule has 0 spiro atoms. The third-order valence-electron chi connectivity index (χ3n) is 5.23. The topological polar surface area (TPSA) is 57.7 Å². The number of likely N-dealkylation sites (tertiary alicyclic amines) is 1. The van der Waals surface area contributed by atoms with Gasteiger partial charge in [0.1, 0.15) is 5.82 Å². The minimum Gasteiger partial charge on any atom is -0.338 e. The Morgan fingerprint density at radius 1 is 1.07 bits per heavy atom. The van der Waals surface area contributed by atoms with Crippen molar-refractivity contribution in [1.29, 1.82) is 0 Å². The van der Waals surface area contributed by atoms with E-state index in [2.05, 4.69) is 0 Å². The molecule has 0 saturated carbocycles. The molecule has 7 heteroatoms. The first-order chi connectivity index (χ1) is 13.4. The van der Waals surface area contributed by atoms with Gasteiger partial charge in [0, 0.05) is 25.0 Å². The minimum atomic E-state index is -4.03. The van der Waals surface area contributed by atoms with E-state index < -0.39 is 21.6 Å². The second-order valence-corrected chi connectivity index (χ2v) is 8.88. The molecule has 1 amide bonds. The van der Waals surface area contributed by atoms with Crippen molar-refractivity contribution in [1.82, 2.24) is 4.90 Å². The molecule has 5 nitrogen and oxygen atoms in total. The van der Waals surface area contributed by atoms with Crippen molar-refractivity contribution < 1.29 is 17.6 Å². The average Bonchev–Trinajstić information content (AvgIpc) is 3.22. The Hall–Kier alpha value is -2.67. The maximum atomic E-state index is 13.9. The van der Waals surface area contributed by atoms with Crippen LogP contribution in [0, 0.1) is 5.82 Å². The number of anilines is 2. The van der Waals surface area contributed by atoms with Gasteiger partial charge in [-0.05, 0) is 55.2 Å². The van der Waals surface area contributed by atoms with E-state index in [1.807, 2.05) is 31.2 Å². The molecule has 0 radical (unpaired) electrons.